The van der Waals surface area contributed by atoms with E-state index in [0.29, 0.717) is 24.9 Å². The highest BCUT2D eigenvalue weighted by Gasteiger charge is 2.30. The Balaban J connectivity index is 1.82. The highest BCUT2D eigenvalue weighted by Crippen LogP contribution is 2.29. The van der Waals surface area contributed by atoms with Gasteiger partial charge in [-0.15, -0.1) is 0 Å². The minimum Gasteiger partial charge on any atom is -0.356 e. The summed E-state index contributed by atoms with van der Waals surface area (Å²) < 4.78 is 37.7. The number of carbonyl (C=O) groups is 1. The summed E-state index contributed by atoms with van der Waals surface area (Å²) in [6.07, 6.45) is -1.62. The van der Waals surface area contributed by atoms with Gasteiger partial charge in [0.2, 0.25) is 5.91 Å². The lowest BCUT2D eigenvalue weighted by atomic mass is 10.1. The summed E-state index contributed by atoms with van der Waals surface area (Å²) in [7, 11) is 0. The smallest absolute Gasteiger partial charge is 0.356 e. The summed E-state index contributed by atoms with van der Waals surface area (Å²) >= 11 is 0. The molecular weight excluding hydrogens is 281 g/mol. The number of nitrogens with one attached hydrogen (secondary N) is 1. The lowest BCUT2D eigenvalue weighted by molar-refractivity contribution is -0.137. The Morgan fingerprint density at radius 3 is 2.71 bits per heavy atom. The van der Waals surface area contributed by atoms with Crippen LogP contribution in [0.15, 0.2) is 24.3 Å². The predicted molar refractivity (Wildman–Crippen MR) is 73.5 cm³/mol. The molecule has 1 aliphatic carbocycles. The second kappa shape index (κ2) is 6.47. The lowest BCUT2D eigenvalue weighted by Crippen LogP contribution is -2.31. The molecule has 2 atom stereocenters. The van der Waals surface area contributed by atoms with Crippen LogP contribution in [-0.4, -0.2) is 18.5 Å². The van der Waals surface area contributed by atoms with Crippen molar-refractivity contribution in [1.82, 2.24) is 5.32 Å². The third kappa shape index (κ3) is 4.46. The molecular formula is C15H19F3N2O. The van der Waals surface area contributed by atoms with Crippen LogP contribution in [0.4, 0.5) is 13.2 Å². The molecule has 3 N–H and O–H groups in total. The number of amides is 1. The number of rotatable bonds is 4. The molecule has 0 aliphatic heterocycles. The van der Waals surface area contributed by atoms with Crippen LogP contribution in [0, 0.1) is 5.92 Å². The van der Waals surface area contributed by atoms with Gasteiger partial charge in [0.05, 0.1) is 5.56 Å². The molecule has 0 radical (unpaired) electrons. The van der Waals surface area contributed by atoms with Gasteiger partial charge in [-0.3, -0.25) is 4.79 Å². The fourth-order valence-electron chi connectivity index (χ4n) is 2.63. The maximum absolute atomic E-state index is 12.6. The van der Waals surface area contributed by atoms with E-state index in [9.17, 15) is 18.0 Å². The molecule has 0 spiro atoms. The minimum atomic E-state index is -4.33. The molecule has 116 valence electrons. The molecule has 0 bridgehead atoms. The molecule has 0 heterocycles. The summed E-state index contributed by atoms with van der Waals surface area (Å²) in [6.45, 7) is 0.339. The number of nitrogens with two attached hydrogens (primary N) is 1. The molecule has 1 aromatic rings. The Morgan fingerprint density at radius 1 is 1.33 bits per heavy atom. The van der Waals surface area contributed by atoms with E-state index in [1.807, 2.05) is 0 Å². The zero-order chi connectivity index (χ0) is 15.5. The molecule has 21 heavy (non-hydrogen) atoms. The maximum atomic E-state index is 12.6. The van der Waals surface area contributed by atoms with E-state index in [0.717, 1.165) is 25.0 Å². The van der Waals surface area contributed by atoms with Crippen LogP contribution in [0.1, 0.15) is 30.4 Å². The average molecular weight is 300 g/mol. The topological polar surface area (TPSA) is 55.1 Å². The van der Waals surface area contributed by atoms with Crippen LogP contribution >= 0.6 is 0 Å². The number of alkyl halides is 3. The zero-order valence-corrected chi connectivity index (χ0v) is 11.6. The van der Waals surface area contributed by atoms with Crippen molar-refractivity contribution in [2.45, 2.75) is 37.9 Å². The highest BCUT2D eigenvalue weighted by molar-refractivity contribution is 5.79. The van der Waals surface area contributed by atoms with Crippen molar-refractivity contribution in [3.05, 3.63) is 35.4 Å². The molecule has 1 aliphatic rings. The quantitative estimate of drug-likeness (QED) is 0.897. The summed E-state index contributed by atoms with van der Waals surface area (Å²) in [5.41, 5.74) is 5.66. The SMILES string of the molecule is N[C@@H]1CC[C@H](C(=O)NCCc2cccc(C(F)(F)F)c2)C1. The molecule has 1 amide bonds. The van der Waals surface area contributed by atoms with Crippen molar-refractivity contribution < 1.29 is 18.0 Å². The fourth-order valence-corrected chi connectivity index (χ4v) is 2.63. The van der Waals surface area contributed by atoms with Gasteiger partial charge < -0.3 is 11.1 Å². The Bertz CT molecular complexity index is 502. The average Bonchev–Trinajstić information content (AvgIpc) is 2.85. The van der Waals surface area contributed by atoms with Gasteiger partial charge in [0.1, 0.15) is 0 Å². The van der Waals surface area contributed by atoms with Crippen LogP contribution in [0.5, 0.6) is 0 Å². The lowest BCUT2D eigenvalue weighted by Gasteiger charge is -2.12. The number of carbonyl (C=O) groups excluding carboxylic acids is 1. The Hall–Kier alpha value is -1.56. The van der Waals surface area contributed by atoms with Crippen LogP contribution in [0.2, 0.25) is 0 Å². The van der Waals surface area contributed by atoms with E-state index < -0.39 is 11.7 Å². The number of hydrogen-bond acceptors (Lipinski definition) is 2. The van der Waals surface area contributed by atoms with E-state index in [1.54, 1.807) is 6.07 Å². The summed E-state index contributed by atoms with van der Waals surface area (Å²) in [4.78, 5) is 11.9. The molecule has 1 fully saturated rings. The van der Waals surface area contributed by atoms with Crippen molar-refractivity contribution in [1.29, 1.82) is 0 Å². The molecule has 3 nitrogen and oxygen atoms in total. The first-order valence-corrected chi connectivity index (χ1v) is 7.05. The van der Waals surface area contributed by atoms with E-state index >= 15 is 0 Å². The Labute approximate surface area is 121 Å². The van der Waals surface area contributed by atoms with Gasteiger partial charge in [0.25, 0.3) is 0 Å². The second-order valence-electron chi connectivity index (χ2n) is 5.51. The van der Waals surface area contributed by atoms with Crippen molar-refractivity contribution in [2.75, 3.05) is 6.54 Å². The Kier molecular flexibility index (Phi) is 4.88. The van der Waals surface area contributed by atoms with Crippen molar-refractivity contribution in [3.63, 3.8) is 0 Å². The minimum absolute atomic E-state index is 0.0464. The van der Waals surface area contributed by atoms with Gasteiger partial charge in [-0.1, -0.05) is 18.2 Å². The van der Waals surface area contributed by atoms with Crippen molar-refractivity contribution in [2.24, 2.45) is 11.7 Å². The van der Waals surface area contributed by atoms with Crippen LogP contribution in [0.25, 0.3) is 0 Å². The van der Waals surface area contributed by atoms with Gasteiger partial charge in [0, 0.05) is 18.5 Å². The summed E-state index contributed by atoms with van der Waals surface area (Å²) in [5.74, 6) is -0.101. The van der Waals surface area contributed by atoms with Gasteiger partial charge in [-0.2, -0.15) is 13.2 Å². The van der Waals surface area contributed by atoms with Crippen LogP contribution < -0.4 is 11.1 Å². The number of benzene rings is 1. The van der Waals surface area contributed by atoms with Crippen molar-refractivity contribution >= 4 is 5.91 Å². The first-order chi connectivity index (χ1) is 9.86. The molecule has 1 saturated carbocycles. The molecule has 6 heteroatoms. The van der Waals surface area contributed by atoms with Gasteiger partial charge in [-0.05, 0) is 37.3 Å². The molecule has 0 unspecified atom stereocenters. The summed E-state index contributed by atoms with van der Waals surface area (Å²) in [6, 6.07) is 5.27. The zero-order valence-electron chi connectivity index (χ0n) is 11.6. The predicted octanol–water partition coefficient (Wildman–Crippen LogP) is 2.49. The third-order valence-electron chi connectivity index (χ3n) is 3.81. The van der Waals surface area contributed by atoms with Crippen LogP contribution in [0.3, 0.4) is 0 Å². The monoisotopic (exact) mass is 300 g/mol. The normalized spacial score (nSPS) is 22.3. The van der Waals surface area contributed by atoms with Gasteiger partial charge >= 0.3 is 6.18 Å². The van der Waals surface area contributed by atoms with E-state index in [4.69, 9.17) is 5.73 Å². The van der Waals surface area contributed by atoms with E-state index in [-0.39, 0.29) is 17.9 Å². The Morgan fingerprint density at radius 2 is 2.10 bits per heavy atom. The van der Waals surface area contributed by atoms with E-state index in [1.165, 1.54) is 6.07 Å². The first-order valence-electron chi connectivity index (χ1n) is 7.05. The summed E-state index contributed by atoms with van der Waals surface area (Å²) in [5, 5.41) is 2.78. The molecule has 1 aromatic carbocycles. The van der Waals surface area contributed by atoms with Crippen molar-refractivity contribution in [3.8, 4) is 0 Å². The standard InChI is InChI=1S/C15H19F3N2O/c16-15(17,18)12-3-1-2-10(8-12)6-7-20-14(21)11-4-5-13(19)9-11/h1-3,8,11,13H,4-7,9,19H2,(H,20,21)/t11-,13+/m0/s1. The second-order valence-corrected chi connectivity index (χ2v) is 5.51. The highest BCUT2D eigenvalue weighted by atomic mass is 19.4. The molecule has 0 aromatic heterocycles. The van der Waals surface area contributed by atoms with E-state index in [2.05, 4.69) is 5.32 Å². The van der Waals surface area contributed by atoms with Gasteiger partial charge in [0.15, 0.2) is 0 Å². The maximum Gasteiger partial charge on any atom is 0.416 e. The molecule has 2 rings (SSSR count). The fraction of sp³-hybridized carbons (Fsp3) is 0.533. The largest absolute Gasteiger partial charge is 0.416 e. The van der Waals surface area contributed by atoms with Gasteiger partial charge in [-0.25, -0.2) is 0 Å². The van der Waals surface area contributed by atoms with Crippen LogP contribution in [-0.2, 0) is 17.4 Å². The number of hydrogen-bond donors (Lipinski definition) is 2. The third-order valence-corrected chi connectivity index (χ3v) is 3.81. The first kappa shape index (κ1) is 15.8. The number of halogens is 3. The molecule has 0 saturated heterocycles.